The molecule has 6 rings (SSSR count). The van der Waals surface area contributed by atoms with E-state index in [0.29, 0.717) is 36.9 Å². The number of nitrogens with two attached hydrogens (primary N) is 1. The van der Waals surface area contributed by atoms with E-state index in [4.69, 9.17) is 4.74 Å². The monoisotopic (exact) mass is 594 g/mol. The molecule has 2 aromatic rings. The minimum absolute atomic E-state index is 0.163. The number of quaternary nitrogens is 1. The molecule has 39 heavy (non-hydrogen) atoms. The van der Waals surface area contributed by atoms with Gasteiger partial charge in [0, 0.05) is 30.1 Å². The summed E-state index contributed by atoms with van der Waals surface area (Å²) in [5.41, 5.74) is 3.34. The fourth-order valence-corrected chi connectivity index (χ4v) is 8.68. The minimum Gasteiger partial charge on any atom is -0.453 e. The number of hydrogen-bond acceptors (Lipinski definition) is 3. The molecule has 0 radical (unpaired) electrons. The molecule has 4 aliphatic rings. The molecule has 2 N–H and O–H groups in total. The third kappa shape index (κ3) is 5.01. The summed E-state index contributed by atoms with van der Waals surface area (Å²) in [4.78, 5) is 31.7. The van der Waals surface area contributed by atoms with Crippen LogP contribution in [0.5, 0.6) is 0 Å². The van der Waals surface area contributed by atoms with Gasteiger partial charge < -0.3 is 19.9 Å². The summed E-state index contributed by atoms with van der Waals surface area (Å²) < 4.78 is 6.16. The predicted molar refractivity (Wildman–Crippen MR) is 154 cm³/mol. The van der Waals surface area contributed by atoms with Crippen LogP contribution in [0.25, 0.3) is 0 Å². The van der Waals surface area contributed by atoms with E-state index in [0.717, 1.165) is 42.5 Å². The number of benzene rings is 2. The molecule has 2 aromatic carbocycles. The summed E-state index contributed by atoms with van der Waals surface area (Å²) in [6.45, 7) is 3.42. The maximum absolute atomic E-state index is 14.8. The summed E-state index contributed by atoms with van der Waals surface area (Å²) in [6.07, 6.45) is 8.07. The van der Waals surface area contributed by atoms with Gasteiger partial charge in [-0.1, -0.05) is 71.6 Å². The molecule has 6 nitrogen and oxygen atoms in total. The van der Waals surface area contributed by atoms with Crippen molar-refractivity contribution in [1.29, 1.82) is 0 Å². The molecular weight excluding hydrogens is 554 g/mol. The lowest BCUT2D eigenvalue weighted by atomic mass is 9.67. The lowest BCUT2D eigenvalue weighted by molar-refractivity contribution is -0.640. The smallest absolute Gasteiger partial charge is 0.409 e. The summed E-state index contributed by atoms with van der Waals surface area (Å²) in [6, 6.07) is 17.6. The highest BCUT2D eigenvalue weighted by atomic mass is 79.9. The van der Waals surface area contributed by atoms with Crippen molar-refractivity contribution in [3.8, 4) is 0 Å². The fourth-order valence-electron chi connectivity index (χ4n) is 8.27. The third-order valence-corrected chi connectivity index (χ3v) is 10.6. The second kappa shape index (κ2) is 11.2. The zero-order valence-electron chi connectivity index (χ0n) is 23.0. The Balaban J connectivity index is 1.33. The molecule has 3 aliphatic heterocycles. The average molecular weight is 596 g/mol. The third-order valence-electron chi connectivity index (χ3n) is 10.1. The van der Waals surface area contributed by atoms with E-state index < -0.39 is 5.41 Å². The normalized spacial score (nSPS) is 29.3. The van der Waals surface area contributed by atoms with Gasteiger partial charge in [0.25, 0.3) is 0 Å². The molecular formula is C32H41BrN3O3+. The number of hydrogen-bond donors (Lipinski definition) is 1. The van der Waals surface area contributed by atoms with Crippen LogP contribution in [0.15, 0.2) is 53.0 Å². The summed E-state index contributed by atoms with van der Waals surface area (Å²) >= 11 is 3.63. The van der Waals surface area contributed by atoms with Crippen LogP contribution in [0, 0.1) is 11.8 Å². The molecule has 208 valence electrons. The molecule has 0 bridgehead atoms. The molecule has 3 heterocycles. The lowest BCUT2D eigenvalue weighted by Crippen LogP contribution is -2.83. The topological polar surface area (TPSA) is 66.5 Å². The number of carbonyl (C=O) groups is 2. The highest BCUT2D eigenvalue weighted by molar-refractivity contribution is 9.10. The second-order valence-electron chi connectivity index (χ2n) is 12.2. The molecule has 4 atom stereocenters. The number of rotatable bonds is 3. The molecule has 7 heteroatoms. The number of methoxy groups -OCH3 is 1. The summed E-state index contributed by atoms with van der Waals surface area (Å²) in [5, 5.41) is 2.29. The first-order valence-corrected chi connectivity index (χ1v) is 15.6. The fraction of sp³-hybridized carbons (Fsp3) is 0.562. The molecule has 0 aromatic heterocycles. The highest BCUT2D eigenvalue weighted by Gasteiger charge is 2.57. The van der Waals surface area contributed by atoms with Gasteiger partial charge in [0.05, 0.1) is 25.6 Å². The van der Waals surface area contributed by atoms with Crippen LogP contribution in [0.3, 0.4) is 0 Å². The van der Waals surface area contributed by atoms with Crippen molar-refractivity contribution in [2.75, 3.05) is 33.3 Å². The SMILES string of the molecule is COC(=O)N1Cc2cc(Br)ccc2[C@@]2(C[NH2+]C[C@H]2C(=O)N2CC[C@@H](c3ccccc3)C[C@H]2C2CCCCC2)C1. The minimum atomic E-state index is -0.410. The Hall–Kier alpha value is -2.38. The molecule has 2 amide bonds. The van der Waals surface area contributed by atoms with Gasteiger partial charge in [0.15, 0.2) is 0 Å². The van der Waals surface area contributed by atoms with Crippen LogP contribution in [-0.4, -0.2) is 61.1 Å². The molecule has 3 fully saturated rings. The van der Waals surface area contributed by atoms with Gasteiger partial charge in [-0.25, -0.2) is 4.79 Å². The van der Waals surface area contributed by atoms with Crippen molar-refractivity contribution in [3.05, 3.63) is 69.7 Å². The number of fused-ring (bicyclic) bond motifs is 2. The quantitative estimate of drug-likeness (QED) is 0.554. The van der Waals surface area contributed by atoms with Crippen LogP contribution in [0.1, 0.15) is 67.6 Å². The number of likely N-dealkylation sites (tertiary alicyclic amines) is 1. The number of ether oxygens (including phenoxy) is 1. The Morgan fingerprint density at radius 3 is 2.62 bits per heavy atom. The molecule has 1 saturated carbocycles. The van der Waals surface area contributed by atoms with E-state index in [2.05, 4.69) is 74.7 Å². The zero-order valence-corrected chi connectivity index (χ0v) is 24.6. The first-order valence-electron chi connectivity index (χ1n) is 14.8. The predicted octanol–water partition coefficient (Wildman–Crippen LogP) is 4.82. The van der Waals surface area contributed by atoms with Gasteiger partial charge in [-0.2, -0.15) is 0 Å². The van der Waals surface area contributed by atoms with E-state index in [1.807, 2.05) is 0 Å². The summed E-state index contributed by atoms with van der Waals surface area (Å²) in [7, 11) is 1.44. The van der Waals surface area contributed by atoms with Crippen LogP contribution >= 0.6 is 15.9 Å². The Bertz CT molecular complexity index is 1200. The number of nitrogens with zero attached hydrogens (tertiary/aromatic N) is 2. The van der Waals surface area contributed by atoms with Crippen molar-refractivity contribution < 1.29 is 19.6 Å². The van der Waals surface area contributed by atoms with Crippen LogP contribution in [0.4, 0.5) is 4.79 Å². The standard InChI is InChI=1S/C32H40BrN3O3/c1-39-31(38)35-19-25-16-26(33)12-13-27(25)32(21-35)20-34-18-28(32)30(37)36-15-14-24(22-8-4-2-5-9-22)17-29(36)23-10-6-3-7-11-23/h2,4-5,8-9,12-13,16,23-24,28-29,34H,3,6-7,10-11,14-15,17-21H2,1H3/p+1/t24-,28+,29+,32-/m1/s1. The van der Waals surface area contributed by atoms with E-state index in [1.165, 1.54) is 50.3 Å². The molecule has 0 unspecified atom stereocenters. The van der Waals surface area contributed by atoms with Crippen molar-refractivity contribution in [2.45, 2.75) is 68.9 Å². The number of piperidine rings is 1. The number of halogens is 1. The maximum atomic E-state index is 14.8. The van der Waals surface area contributed by atoms with Crippen LogP contribution < -0.4 is 5.32 Å². The van der Waals surface area contributed by atoms with Crippen LogP contribution in [0.2, 0.25) is 0 Å². The maximum Gasteiger partial charge on any atom is 0.409 e. The largest absolute Gasteiger partial charge is 0.453 e. The van der Waals surface area contributed by atoms with Crippen LogP contribution in [-0.2, 0) is 21.5 Å². The van der Waals surface area contributed by atoms with E-state index in [-0.39, 0.29) is 12.0 Å². The van der Waals surface area contributed by atoms with E-state index >= 15 is 0 Å². The van der Waals surface area contributed by atoms with Gasteiger partial charge in [-0.05, 0) is 66.3 Å². The first kappa shape index (κ1) is 26.8. The van der Waals surface area contributed by atoms with Crippen molar-refractivity contribution in [1.82, 2.24) is 9.80 Å². The van der Waals surface area contributed by atoms with E-state index in [9.17, 15) is 9.59 Å². The number of amides is 2. The average Bonchev–Trinajstić information content (AvgIpc) is 3.40. The van der Waals surface area contributed by atoms with Crippen molar-refractivity contribution in [2.24, 2.45) is 11.8 Å². The van der Waals surface area contributed by atoms with Gasteiger partial charge in [-0.15, -0.1) is 0 Å². The molecule has 2 saturated heterocycles. The van der Waals surface area contributed by atoms with Gasteiger partial charge >= 0.3 is 6.09 Å². The van der Waals surface area contributed by atoms with Crippen molar-refractivity contribution >= 4 is 27.9 Å². The zero-order chi connectivity index (χ0) is 27.0. The van der Waals surface area contributed by atoms with Gasteiger partial charge in [0.2, 0.25) is 5.91 Å². The van der Waals surface area contributed by atoms with E-state index in [1.54, 1.807) is 4.90 Å². The van der Waals surface area contributed by atoms with Gasteiger partial charge in [-0.3, -0.25) is 4.79 Å². The lowest BCUT2D eigenvalue weighted by Gasteiger charge is -2.48. The Morgan fingerprint density at radius 2 is 1.85 bits per heavy atom. The Kier molecular flexibility index (Phi) is 7.73. The molecule has 1 aliphatic carbocycles. The first-order chi connectivity index (χ1) is 19.0. The Labute approximate surface area is 240 Å². The second-order valence-corrected chi connectivity index (χ2v) is 13.1. The highest BCUT2D eigenvalue weighted by Crippen LogP contribution is 2.45. The number of carbonyl (C=O) groups excluding carboxylic acids is 2. The summed E-state index contributed by atoms with van der Waals surface area (Å²) in [5.74, 6) is 1.22. The van der Waals surface area contributed by atoms with Gasteiger partial charge in [0.1, 0.15) is 5.92 Å². The molecule has 1 spiro atoms. The van der Waals surface area contributed by atoms with Crippen molar-refractivity contribution in [3.63, 3.8) is 0 Å². The Morgan fingerprint density at radius 1 is 1.05 bits per heavy atom.